The first-order valence-electron chi connectivity index (χ1n) is 7.04. The third kappa shape index (κ3) is 4.47. The lowest BCUT2D eigenvalue weighted by Crippen LogP contribution is -2.32. The highest BCUT2D eigenvalue weighted by atomic mass is 16.1. The molecule has 0 saturated heterocycles. The monoisotopic (exact) mass is 278 g/mol. The van der Waals surface area contributed by atoms with Crippen LogP contribution in [0, 0.1) is 11.3 Å². The molecule has 3 heteroatoms. The van der Waals surface area contributed by atoms with Gasteiger partial charge in [0.2, 0.25) is 0 Å². The number of carbonyl (C=O) groups is 1. The fraction of sp³-hybridized carbons (Fsp3) is 0.222. The Bertz CT molecular complexity index is 627. The molecule has 21 heavy (non-hydrogen) atoms. The summed E-state index contributed by atoms with van der Waals surface area (Å²) in [4.78, 5) is 12.1. The number of hydrogen-bond acceptors (Lipinski definition) is 2. The molecule has 2 rings (SSSR count). The second kappa shape index (κ2) is 7.25. The third-order valence-corrected chi connectivity index (χ3v) is 3.36. The molecule has 0 bridgehead atoms. The molecule has 0 spiro atoms. The first kappa shape index (κ1) is 14.8. The first-order chi connectivity index (χ1) is 10.2. The second-order valence-electron chi connectivity index (χ2n) is 5.09. The van der Waals surface area contributed by atoms with E-state index in [0.29, 0.717) is 11.1 Å². The zero-order valence-corrected chi connectivity index (χ0v) is 12.0. The van der Waals surface area contributed by atoms with Crippen LogP contribution in [0.15, 0.2) is 54.6 Å². The molecule has 0 aliphatic carbocycles. The Kier molecular flexibility index (Phi) is 5.11. The van der Waals surface area contributed by atoms with Crippen LogP contribution < -0.4 is 5.32 Å². The van der Waals surface area contributed by atoms with Gasteiger partial charge in [0.15, 0.2) is 0 Å². The fourth-order valence-corrected chi connectivity index (χ4v) is 2.10. The van der Waals surface area contributed by atoms with Crippen LogP contribution in [-0.2, 0) is 6.42 Å². The van der Waals surface area contributed by atoms with Crippen LogP contribution in [0.1, 0.15) is 34.8 Å². The number of rotatable bonds is 5. The molecule has 0 unspecified atom stereocenters. The van der Waals surface area contributed by atoms with Gasteiger partial charge in [0.25, 0.3) is 5.91 Å². The molecule has 2 aromatic rings. The predicted molar refractivity (Wildman–Crippen MR) is 82.8 cm³/mol. The molecular weight excluding hydrogens is 260 g/mol. The molecule has 0 heterocycles. The average Bonchev–Trinajstić information content (AvgIpc) is 2.54. The SMILES string of the molecule is C[C@H](CCc1ccccc1)NC(=O)c1ccc(C#N)cc1. The van der Waals surface area contributed by atoms with Gasteiger partial charge >= 0.3 is 0 Å². The molecule has 0 aliphatic heterocycles. The van der Waals surface area contributed by atoms with E-state index in [1.165, 1.54) is 5.56 Å². The minimum atomic E-state index is -0.0972. The van der Waals surface area contributed by atoms with Crippen LogP contribution in [0.3, 0.4) is 0 Å². The third-order valence-electron chi connectivity index (χ3n) is 3.36. The first-order valence-corrected chi connectivity index (χ1v) is 7.04. The van der Waals surface area contributed by atoms with Crippen molar-refractivity contribution in [3.05, 3.63) is 71.3 Å². The van der Waals surface area contributed by atoms with Gasteiger partial charge < -0.3 is 5.32 Å². The fourth-order valence-electron chi connectivity index (χ4n) is 2.10. The van der Waals surface area contributed by atoms with Gasteiger partial charge in [0.05, 0.1) is 11.6 Å². The van der Waals surface area contributed by atoms with E-state index in [1.807, 2.05) is 31.2 Å². The van der Waals surface area contributed by atoms with Crippen molar-refractivity contribution in [1.29, 1.82) is 5.26 Å². The molecular formula is C18H18N2O. The molecule has 0 fully saturated rings. The van der Waals surface area contributed by atoms with Gasteiger partial charge in [-0.05, 0) is 49.6 Å². The Morgan fingerprint density at radius 1 is 1.14 bits per heavy atom. The van der Waals surface area contributed by atoms with E-state index in [2.05, 4.69) is 17.4 Å². The Morgan fingerprint density at radius 3 is 2.43 bits per heavy atom. The summed E-state index contributed by atoms with van der Waals surface area (Å²) < 4.78 is 0. The molecule has 0 aliphatic rings. The lowest BCUT2D eigenvalue weighted by molar-refractivity contribution is 0.0938. The van der Waals surface area contributed by atoms with E-state index >= 15 is 0 Å². The molecule has 0 radical (unpaired) electrons. The molecule has 1 atom stereocenters. The summed E-state index contributed by atoms with van der Waals surface area (Å²) in [5.74, 6) is -0.0972. The standard InChI is InChI=1S/C18H18N2O/c1-14(7-8-15-5-3-2-4-6-15)20-18(21)17-11-9-16(13-19)10-12-17/h2-6,9-12,14H,7-8H2,1H3,(H,20,21)/t14-/m1/s1. The topological polar surface area (TPSA) is 52.9 Å². The van der Waals surface area contributed by atoms with Crippen molar-refractivity contribution in [2.45, 2.75) is 25.8 Å². The summed E-state index contributed by atoms with van der Waals surface area (Å²) in [6.45, 7) is 2.00. The van der Waals surface area contributed by atoms with E-state index in [9.17, 15) is 4.79 Å². The predicted octanol–water partition coefficient (Wildman–Crippen LogP) is 3.31. The van der Waals surface area contributed by atoms with Gasteiger partial charge in [-0.15, -0.1) is 0 Å². The Hall–Kier alpha value is -2.60. The van der Waals surface area contributed by atoms with E-state index in [-0.39, 0.29) is 11.9 Å². The Labute approximate surface area is 125 Å². The summed E-state index contributed by atoms with van der Waals surface area (Å²) in [5.41, 5.74) is 2.42. The number of aryl methyl sites for hydroxylation is 1. The van der Waals surface area contributed by atoms with Crippen molar-refractivity contribution < 1.29 is 4.79 Å². The molecule has 1 N–H and O–H groups in total. The minimum absolute atomic E-state index is 0.0972. The van der Waals surface area contributed by atoms with Gasteiger partial charge in [-0.3, -0.25) is 4.79 Å². The van der Waals surface area contributed by atoms with Gasteiger partial charge in [-0.1, -0.05) is 30.3 Å². The van der Waals surface area contributed by atoms with Crippen LogP contribution in [0.2, 0.25) is 0 Å². The lowest BCUT2D eigenvalue weighted by atomic mass is 10.1. The van der Waals surface area contributed by atoms with E-state index in [4.69, 9.17) is 5.26 Å². The smallest absolute Gasteiger partial charge is 0.251 e. The maximum Gasteiger partial charge on any atom is 0.251 e. The Morgan fingerprint density at radius 2 is 1.81 bits per heavy atom. The summed E-state index contributed by atoms with van der Waals surface area (Å²) in [6.07, 6.45) is 1.84. The maximum absolute atomic E-state index is 12.1. The van der Waals surface area contributed by atoms with Crippen molar-refractivity contribution in [2.75, 3.05) is 0 Å². The molecule has 1 amide bonds. The summed E-state index contributed by atoms with van der Waals surface area (Å²) in [5, 5.41) is 11.7. The highest BCUT2D eigenvalue weighted by Gasteiger charge is 2.09. The number of nitrogens with zero attached hydrogens (tertiary/aromatic N) is 1. The molecule has 0 saturated carbocycles. The summed E-state index contributed by atoms with van der Waals surface area (Å²) in [7, 11) is 0. The van der Waals surface area contributed by atoms with Crippen LogP contribution in [0.25, 0.3) is 0 Å². The van der Waals surface area contributed by atoms with E-state index < -0.39 is 0 Å². The Balaban J connectivity index is 1.85. The summed E-state index contributed by atoms with van der Waals surface area (Å²) >= 11 is 0. The zero-order chi connectivity index (χ0) is 15.1. The minimum Gasteiger partial charge on any atom is -0.350 e. The van der Waals surface area contributed by atoms with Crippen LogP contribution in [0.4, 0.5) is 0 Å². The van der Waals surface area contributed by atoms with Crippen molar-refractivity contribution in [2.24, 2.45) is 0 Å². The number of carbonyl (C=O) groups excluding carboxylic acids is 1. The van der Waals surface area contributed by atoms with Crippen LogP contribution >= 0.6 is 0 Å². The van der Waals surface area contributed by atoms with Gasteiger partial charge in [0, 0.05) is 11.6 Å². The van der Waals surface area contributed by atoms with Crippen molar-refractivity contribution in [1.82, 2.24) is 5.32 Å². The van der Waals surface area contributed by atoms with Crippen molar-refractivity contribution >= 4 is 5.91 Å². The number of nitrogens with one attached hydrogen (secondary N) is 1. The highest BCUT2D eigenvalue weighted by Crippen LogP contribution is 2.07. The molecule has 2 aromatic carbocycles. The van der Waals surface area contributed by atoms with Crippen LogP contribution in [0.5, 0.6) is 0 Å². The normalized spacial score (nSPS) is 11.4. The lowest BCUT2D eigenvalue weighted by Gasteiger charge is -2.14. The van der Waals surface area contributed by atoms with Crippen LogP contribution in [-0.4, -0.2) is 11.9 Å². The highest BCUT2D eigenvalue weighted by molar-refractivity contribution is 5.94. The van der Waals surface area contributed by atoms with Gasteiger partial charge in [0.1, 0.15) is 0 Å². The quantitative estimate of drug-likeness (QED) is 0.912. The van der Waals surface area contributed by atoms with Gasteiger partial charge in [-0.25, -0.2) is 0 Å². The van der Waals surface area contributed by atoms with Gasteiger partial charge in [-0.2, -0.15) is 5.26 Å². The van der Waals surface area contributed by atoms with E-state index in [1.54, 1.807) is 24.3 Å². The molecule has 0 aromatic heterocycles. The second-order valence-corrected chi connectivity index (χ2v) is 5.09. The summed E-state index contributed by atoms with van der Waals surface area (Å²) in [6, 6.07) is 19.0. The number of hydrogen-bond donors (Lipinski definition) is 1. The molecule has 106 valence electrons. The molecule has 3 nitrogen and oxygen atoms in total. The van der Waals surface area contributed by atoms with Crippen molar-refractivity contribution in [3.63, 3.8) is 0 Å². The average molecular weight is 278 g/mol. The van der Waals surface area contributed by atoms with E-state index in [0.717, 1.165) is 12.8 Å². The number of nitriles is 1. The largest absolute Gasteiger partial charge is 0.350 e. The number of benzene rings is 2. The van der Waals surface area contributed by atoms with Crippen molar-refractivity contribution in [3.8, 4) is 6.07 Å². The maximum atomic E-state index is 12.1. The zero-order valence-electron chi connectivity index (χ0n) is 12.0. The number of amides is 1.